The molecule has 1 aliphatic heterocycles. The van der Waals surface area contributed by atoms with Crippen LogP contribution in [-0.2, 0) is 6.42 Å². The van der Waals surface area contributed by atoms with Crippen molar-refractivity contribution in [1.82, 2.24) is 0 Å². The second-order valence-corrected chi connectivity index (χ2v) is 5.84. The summed E-state index contributed by atoms with van der Waals surface area (Å²) in [5, 5.41) is 12.9. The molecule has 0 radical (unpaired) electrons. The Labute approximate surface area is 121 Å². The van der Waals surface area contributed by atoms with Crippen LogP contribution in [0.2, 0.25) is 5.02 Å². The first-order chi connectivity index (χ1) is 9.28. The third-order valence-corrected chi connectivity index (χ3v) is 4.41. The van der Waals surface area contributed by atoms with Gasteiger partial charge in [0.15, 0.2) is 0 Å². The van der Waals surface area contributed by atoms with Gasteiger partial charge in [-0.3, -0.25) is 0 Å². The number of rotatable bonds is 2. The van der Waals surface area contributed by atoms with Crippen molar-refractivity contribution in [3.63, 3.8) is 0 Å². The molecule has 2 aromatic rings. The zero-order valence-corrected chi connectivity index (χ0v) is 11.7. The average Bonchev–Trinajstić information content (AvgIpc) is 2.43. The van der Waals surface area contributed by atoms with Crippen LogP contribution in [0, 0.1) is 11.3 Å². The van der Waals surface area contributed by atoms with E-state index in [2.05, 4.69) is 23.5 Å². The molecule has 0 fully saturated rings. The van der Waals surface area contributed by atoms with Crippen LogP contribution in [0.15, 0.2) is 46.2 Å². The second kappa shape index (κ2) is 5.16. The maximum atomic E-state index is 8.73. The maximum Gasteiger partial charge on any atom is 0.0625 e. The molecule has 0 amide bonds. The van der Waals surface area contributed by atoms with Crippen LogP contribution in [0.25, 0.3) is 0 Å². The van der Waals surface area contributed by atoms with E-state index in [0.29, 0.717) is 6.42 Å². The van der Waals surface area contributed by atoms with Gasteiger partial charge in [0.25, 0.3) is 0 Å². The first-order valence-corrected chi connectivity index (χ1v) is 7.20. The zero-order valence-electron chi connectivity index (χ0n) is 10.1. The van der Waals surface area contributed by atoms with E-state index in [-0.39, 0.29) is 0 Å². The van der Waals surface area contributed by atoms with E-state index in [0.717, 1.165) is 22.8 Å². The molecule has 94 valence electrons. The van der Waals surface area contributed by atoms with Crippen molar-refractivity contribution in [2.75, 3.05) is 5.32 Å². The number of halogens is 1. The van der Waals surface area contributed by atoms with Gasteiger partial charge in [0.2, 0.25) is 0 Å². The van der Waals surface area contributed by atoms with Crippen molar-refractivity contribution < 1.29 is 0 Å². The maximum absolute atomic E-state index is 8.73. The number of anilines is 2. The third kappa shape index (κ3) is 2.42. The molecule has 0 atom stereocenters. The summed E-state index contributed by atoms with van der Waals surface area (Å²) in [6.45, 7) is 0. The summed E-state index contributed by atoms with van der Waals surface area (Å²) in [5.74, 6) is 0. The largest absolute Gasteiger partial charge is 0.353 e. The Morgan fingerprint density at radius 1 is 1.21 bits per heavy atom. The molecule has 4 heteroatoms. The molecule has 19 heavy (non-hydrogen) atoms. The van der Waals surface area contributed by atoms with Crippen LogP contribution in [0.1, 0.15) is 12.0 Å². The van der Waals surface area contributed by atoms with Gasteiger partial charge in [-0.05, 0) is 36.2 Å². The van der Waals surface area contributed by atoms with Crippen LogP contribution >= 0.6 is 23.4 Å². The van der Waals surface area contributed by atoms with E-state index < -0.39 is 0 Å². The van der Waals surface area contributed by atoms with E-state index in [4.69, 9.17) is 16.9 Å². The SMILES string of the molecule is N#CCCc1cccc2c1Nc1cc(Cl)ccc1S2. The summed E-state index contributed by atoms with van der Waals surface area (Å²) in [5.41, 5.74) is 3.32. The molecule has 0 saturated carbocycles. The molecule has 0 spiro atoms. The Hall–Kier alpha value is -1.63. The van der Waals surface area contributed by atoms with Gasteiger partial charge in [-0.1, -0.05) is 35.5 Å². The number of benzene rings is 2. The Morgan fingerprint density at radius 3 is 2.95 bits per heavy atom. The fourth-order valence-electron chi connectivity index (χ4n) is 2.14. The van der Waals surface area contributed by atoms with E-state index in [1.165, 1.54) is 15.4 Å². The van der Waals surface area contributed by atoms with Crippen molar-refractivity contribution in [2.24, 2.45) is 0 Å². The monoisotopic (exact) mass is 286 g/mol. The number of fused-ring (bicyclic) bond motifs is 2. The van der Waals surface area contributed by atoms with E-state index >= 15 is 0 Å². The smallest absolute Gasteiger partial charge is 0.0625 e. The fourth-order valence-corrected chi connectivity index (χ4v) is 3.34. The second-order valence-electron chi connectivity index (χ2n) is 4.32. The number of aryl methyl sites for hydroxylation is 1. The molecule has 1 N–H and O–H groups in total. The summed E-state index contributed by atoms with van der Waals surface area (Å²) < 4.78 is 0. The molecular weight excluding hydrogens is 276 g/mol. The van der Waals surface area contributed by atoms with Crippen LogP contribution < -0.4 is 5.32 Å². The van der Waals surface area contributed by atoms with Crippen molar-refractivity contribution in [2.45, 2.75) is 22.6 Å². The summed E-state index contributed by atoms with van der Waals surface area (Å²) in [7, 11) is 0. The lowest BCUT2D eigenvalue weighted by Gasteiger charge is -2.23. The van der Waals surface area contributed by atoms with Gasteiger partial charge < -0.3 is 5.32 Å². The summed E-state index contributed by atoms with van der Waals surface area (Å²) >= 11 is 7.77. The average molecular weight is 287 g/mol. The lowest BCUT2D eigenvalue weighted by Crippen LogP contribution is -2.03. The van der Waals surface area contributed by atoms with Gasteiger partial charge in [-0.15, -0.1) is 0 Å². The molecule has 3 rings (SSSR count). The Balaban J connectivity index is 2.00. The number of nitrogens with one attached hydrogen (secondary N) is 1. The highest BCUT2D eigenvalue weighted by Gasteiger charge is 2.18. The highest BCUT2D eigenvalue weighted by Crippen LogP contribution is 2.46. The van der Waals surface area contributed by atoms with E-state index in [1.807, 2.05) is 24.3 Å². The molecule has 1 aliphatic rings. The van der Waals surface area contributed by atoms with Gasteiger partial charge in [0.1, 0.15) is 0 Å². The van der Waals surface area contributed by atoms with Gasteiger partial charge in [-0.2, -0.15) is 5.26 Å². The lowest BCUT2D eigenvalue weighted by atomic mass is 10.1. The number of hydrogen-bond acceptors (Lipinski definition) is 3. The van der Waals surface area contributed by atoms with Crippen molar-refractivity contribution in [3.05, 3.63) is 47.0 Å². The van der Waals surface area contributed by atoms with Crippen LogP contribution in [0.5, 0.6) is 0 Å². The predicted octanol–water partition coefficient (Wildman–Crippen LogP) is 5.00. The van der Waals surface area contributed by atoms with Crippen LogP contribution in [0.4, 0.5) is 11.4 Å². The molecule has 0 aliphatic carbocycles. The lowest BCUT2D eigenvalue weighted by molar-refractivity contribution is 1.00. The minimum absolute atomic E-state index is 0.533. The normalized spacial score (nSPS) is 12.0. The van der Waals surface area contributed by atoms with Gasteiger partial charge in [-0.25, -0.2) is 0 Å². The molecule has 0 aromatic heterocycles. The molecule has 2 nitrogen and oxygen atoms in total. The highest BCUT2D eigenvalue weighted by molar-refractivity contribution is 7.99. The number of nitrogens with zero attached hydrogens (tertiary/aromatic N) is 1. The van der Waals surface area contributed by atoms with Gasteiger partial charge >= 0.3 is 0 Å². The zero-order chi connectivity index (χ0) is 13.2. The Kier molecular flexibility index (Phi) is 3.37. The fraction of sp³-hybridized carbons (Fsp3) is 0.133. The van der Waals surface area contributed by atoms with Crippen molar-refractivity contribution in [3.8, 4) is 6.07 Å². The number of hydrogen-bond donors (Lipinski definition) is 1. The molecule has 0 bridgehead atoms. The minimum Gasteiger partial charge on any atom is -0.353 e. The Morgan fingerprint density at radius 2 is 2.11 bits per heavy atom. The summed E-state index contributed by atoms with van der Waals surface area (Å²) in [4.78, 5) is 2.37. The van der Waals surface area contributed by atoms with Gasteiger partial charge in [0.05, 0.1) is 17.4 Å². The molecule has 0 saturated heterocycles. The highest BCUT2D eigenvalue weighted by atomic mass is 35.5. The summed E-state index contributed by atoms with van der Waals surface area (Å²) in [6.07, 6.45) is 1.30. The van der Waals surface area contributed by atoms with Crippen molar-refractivity contribution in [1.29, 1.82) is 5.26 Å². The molecular formula is C15H11ClN2S. The van der Waals surface area contributed by atoms with E-state index in [9.17, 15) is 0 Å². The molecule has 2 aromatic carbocycles. The molecule has 0 unspecified atom stereocenters. The van der Waals surface area contributed by atoms with E-state index in [1.54, 1.807) is 11.8 Å². The minimum atomic E-state index is 0.533. The number of para-hydroxylation sites is 1. The number of nitriles is 1. The predicted molar refractivity (Wildman–Crippen MR) is 79.2 cm³/mol. The Bertz CT molecular complexity index is 676. The van der Waals surface area contributed by atoms with Gasteiger partial charge in [0, 0.05) is 21.2 Å². The molecule has 1 heterocycles. The quantitative estimate of drug-likeness (QED) is 0.720. The van der Waals surface area contributed by atoms with Crippen molar-refractivity contribution >= 4 is 34.7 Å². The topological polar surface area (TPSA) is 35.8 Å². The standard InChI is InChI=1S/C15H11ClN2S/c16-11-6-7-13-12(9-11)18-15-10(4-2-8-17)3-1-5-14(15)19-13/h1,3,5-7,9,18H,2,4H2. The van der Waals surface area contributed by atoms with Crippen LogP contribution in [-0.4, -0.2) is 0 Å². The third-order valence-electron chi connectivity index (χ3n) is 3.04. The summed E-state index contributed by atoms with van der Waals surface area (Å²) in [6, 6.07) is 14.3. The first kappa shape index (κ1) is 12.4. The van der Waals surface area contributed by atoms with Crippen LogP contribution in [0.3, 0.4) is 0 Å². The first-order valence-electron chi connectivity index (χ1n) is 6.01.